The molecule has 0 atom stereocenters. The van der Waals surface area contributed by atoms with Crippen molar-refractivity contribution < 1.29 is 3.79 Å². The molecule has 0 aliphatic carbocycles. The molecule has 0 saturated heterocycles. The van der Waals surface area contributed by atoms with Crippen molar-refractivity contribution in [2.75, 3.05) is 0 Å². The molecule has 0 spiro atoms. The van der Waals surface area contributed by atoms with Gasteiger partial charge in [-0.15, -0.1) is 0 Å². The molecule has 0 fully saturated rings. The molecule has 1 heterocycles. The van der Waals surface area contributed by atoms with E-state index in [-0.39, 0.29) is 0 Å². The number of aryl methyl sites for hydroxylation is 1. The maximum atomic E-state index is 5.80. The Kier molecular flexibility index (Phi) is 4.28. The standard InChI is InChI=1S/C6H7NO.2C2H5.Al/c1-5-2-3-6(8)7-4-5;2*1-2;/h2-4H,1H3,(H,7,8);2*1H2,2H3;/q;;;+1/p-1. The van der Waals surface area contributed by atoms with Crippen molar-refractivity contribution in [2.24, 2.45) is 0 Å². The first-order valence-electron chi connectivity index (χ1n) is 4.85. The monoisotopic (exact) mass is 193 g/mol. The minimum absolute atomic E-state index is 0.797. The topological polar surface area (TPSA) is 22.1 Å². The van der Waals surface area contributed by atoms with Crippen molar-refractivity contribution in [2.45, 2.75) is 31.3 Å². The van der Waals surface area contributed by atoms with Crippen molar-refractivity contribution in [1.82, 2.24) is 4.98 Å². The summed E-state index contributed by atoms with van der Waals surface area (Å²) in [5.74, 6) is 0.797. The van der Waals surface area contributed by atoms with Crippen LogP contribution < -0.4 is 3.79 Å². The Morgan fingerprint density at radius 2 is 2.00 bits per heavy atom. The smallest absolute Gasteiger partial charge is 0.547 e. The van der Waals surface area contributed by atoms with Gasteiger partial charge in [0.05, 0.1) is 0 Å². The largest absolute Gasteiger partial charge is 0.629 e. The minimum Gasteiger partial charge on any atom is -0.629 e. The van der Waals surface area contributed by atoms with Crippen molar-refractivity contribution in [3.05, 3.63) is 23.9 Å². The quantitative estimate of drug-likeness (QED) is 0.686. The molecule has 1 rings (SSSR count). The van der Waals surface area contributed by atoms with Crippen LogP contribution in [-0.2, 0) is 0 Å². The molecule has 13 heavy (non-hydrogen) atoms. The second kappa shape index (κ2) is 5.26. The molecular formula is C10H16AlNO. The summed E-state index contributed by atoms with van der Waals surface area (Å²) in [6, 6.07) is 4.00. The number of rotatable bonds is 4. The Labute approximate surface area is 84.7 Å². The molecule has 1 aromatic heterocycles. The van der Waals surface area contributed by atoms with E-state index in [1.165, 1.54) is 16.1 Å². The highest BCUT2D eigenvalue weighted by Crippen LogP contribution is 2.10. The van der Waals surface area contributed by atoms with Gasteiger partial charge in [0, 0.05) is 6.20 Å². The summed E-state index contributed by atoms with van der Waals surface area (Å²) in [6.45, 7) is 6.41. The predicted molar refractivity (Wildman–Crippen MR) is 56.3 cm³/mol. The molecule has 0 amide bonds. The van der Waals surface area contributed by atoms with Crippen LogP contribution in [0.25, 0.3) is 0 Å². The maximum Gasteiger partial charge on any atom is 0.547 e. The van der Waals surface area contributed by atoms with Gasteiger partial charge < -0.3 is 3.79 Å². The molecule has 0 aromatic carbocycles. The molecule has 3 heteroatoms. The van der Waals surface area contributed by atoms with Crippen molar-refractivity contribution in [3.63, 3.8) is 0 Å². The van der Waals surface area contributed by atoms with Crippen molar-refractivity contribution >= 4 is 14.5 Å². The molecule has 0 saturated carbocycles. The van der Waals surface area contributed by atoms with E-state index in [0.717, 1.165) is 5.88 Å². The van der Waals surface area contributed by atoms with Gasteiger partial charge in [-0.25, -0.2) is 4.98 Å². The summed E-state index contributed by atoms with van der Waals surface area (Å²) >= 11 is -0.997. The minimum atomic E-state index is -0.997. The molecule has 0 N–H and O–H groups in total. The maximum absolute atomic E-state index is 5.80. The average Bonchev–Trinajstić information content (AvgIpc) is 2.17. The summed E-state index contributed by atoms with van der Waals surface area (Å²) in [5.41, 5.74) is 1.18. The van der Waals surface area contributed by atoms with Crippen LogP contribution in [0.4, 0.5) is 0 Å². The van der Waals surface area contributed by atoms with Crippen LogP contribution in [0.15, 0.2) is 18.3 Å². The number of hydrogen-bond acceptors (Lipinski definition) is 2. The van der Waals surface area contributed by atoms with Gasteiger partial charge in [0.25, 0.3) is 0 Å². The zero-order valence-corrected chi connectivity index (χ0v) is 9.73. The van der Waals surface area contributed by atoms with E-state index in [1.54, 1.807) is 0 Å². The lowest BCUT2D eigenvalue weighted by Gasteiger charge is -2.10. The van der Waals surface area contributed by atoms with E-state index < -0.39 is 14.5 Å². The zero-order valence-electron chi connectivity index (χ0n) is 8.58. The third kappa shape index (κ3) is 3.38. The molecule has 0 aliphatic heterocycles. The van der Waals surface area contributed by atoms with Gasteiger partial charge in [0.1, 0.15) is 0 Å². The first-order valence-corrected chi connectivity index (χ1v) is 6.96. The SMILES string of the molecule is C[CH2][Al]([CH2]C)[O]c1ccc(C)cn1. The number of aromatic nitrogens is 1. The fourth-order valence-electron chi connectivity index (χ4n) is 1.15. The number of pyridine rings is 1. The molecule has 70 valence electrons. The third-order valence-corrected chi connectivity index (χ3v) is 4.48. The first kappa shape index (κ1) is 10.6. The molecule has 0 bridgehead atoms. The molecule has 2 nitrogen and oxygen atoms in total. The van der Waals surface area contributed by atoms with E-state index >= 15 is 0 Å². The number of nitrogens with zero attached hydrogens (tertiary/aromatic N) is 1. The summed E-state index contributed by atoms with van der Waals surface area (Å²) in [6.07, 6.45) is 1.85. The van der Waals surface area contributed by atoms with Gasteiger partial charge in [-0.2, -0.15) is 0 Å². The normalized spacial score (nSPS) is 9.77. The van der Waals surface area contributed by atoms with Gasteiger partial charge in [-0.1, -0.05) is 30.5 Å². The molecule has 0 aliphatic rings. The fourth-order valence-corrected chi connectivity index (χ4v) is 2.54. The van der Waals surface area contributed by atoms with Crippen LogP contribution in [-0.4, -0.2) is 19.5 Å². The molecule has 0 unspecified atom stereocenters. The van der Waals surface area contributed by atoms with Crippen LogP contribution >= 0.6 is 0 Å². The van der Waals surface area contributed by atoms with Crippen LogP contribution in [0.5, 0.6) is 5.88 Å². The second-order valence-corrected chi connectivity index (χ2v) is 6.34. The highest BCUT2D eigenvalue weighted by atomic mass is 27.2. The van der Waals surface area contributed by atoms with Gasteiger partial charge >= 0.3 is 14.5 Å². The van der Waals surface area contributed by atoms with E-state index in [9.17, 15) is 0 Å². The lowest BCUT2D eigenvalue weighted by molar-refractivity contribution is 0.542. The van der Waals surface area contributed by atoms with E-state index in [1.807, 2.05) is 25.3 Å². The lowest BCUT2D eigenvalue weighted by atomic mass is 10.3. The number of hydrogen-bond donors (Lipinski definition) is 0. The van der Waals surface area contributed by atoms with E-state index in [0.29, 0.717) is 0 Å². The third-order valence-electron chi connectivity index (χ3n) is 2.08. The van der Waals surface area contributed by atoms with Gasteiger partial charge in [0.2, 0.25) is 0 Å². The van der Waals surface area contributed by atoms with Gasteiger partial charge in [-0.05, 0) is 18.6 Å². The Morgan fingerprint density at radius 3 is 2.46 bits per heavy atom. The highest BCUT2D eigenvalue weighted by molar-refractivity contribution is 6.52. The Bertz CT molecular complexity index is 244. The Hall–Kier alpha value is -0.518. The van der Waals surface area contributed by atoms with Crippen LogP contribution in [0.2, 0.25) is 10.6 Å². The summed E-state index contributed by atoms with van der Waals surface area (Å²) in [5, 5.41) is 2.35. The van der Waals surface area contributed by atoms with Crippen LogP contribution in [0, 0.1) is 6.92 Å². The summed E-state index contributed by atoms with van der Waals surface area (Å²) < 4.78 is 5.80. The van der Waals surface area contributed by atoms with E-state index in [2.05, 4.69) is 18.8 Å². The van der Waals surface area contributed by atoms with Gasteiger partial charge in [0.15, 0.2) is 5.88 Å². The van der Waals surface area contributed by atoms with Crippen LogP contribution in [0.1, 0.15) is 19.4 Å². The second-order valence-electron chi connectivity index (χ2n) is 3.23. The fraction of sp³-hybridized carbons (Fsp3) is 0.500. The molecular weight excluding hydrogens is 177 g/mol. The van der Waals surface area contributed by atoms with Crippen molar-refractivity contribution in [3.8, 4) is 5.88 Å². The Morgan fingerprint density at radius 1 is 1.31 bits per heavy atom. The summed E-state index contributed by atoms with van der Waals surface area (Å²) in [4.78, 5) is 4.23. The van der Waals surface area contributed by atoms with Crippen LogP contribution in [0.3, 0.4) is 0 Å². The van der Waals surface area contributed by atoms with E-state index in [4.69, 9.17) is 3.79 Å². The first-order chi connectivity index (χ1) is 6.26. The zero-order chi connectivity index (χ0) is 9.68. The van der Waals surface area contributed by atoms with Gasteiger partial charge in [-0.3, -0.25) is 0 Å². The predicted octanol–water partition coefficient (Wildman–Crippen LogP) is 2.80. The molecule has 0 radical (unpaired) electrons. The summed E-state index contributed by atoms with van der Waals surface area (Å²) in [7, 11) is 0. The average molecular weight is 193 g/mol. The lowest BCUT2D eigenvalue weighted by Crippen LogP contribution is -2.19. The molecule has 1 aromatic rings. The van der Waals surface area contributed by atoms with Crippen molar-refractivity contribution in [1.29, 1.82) is 0 Å². The Balaban J connectivity index is 2.58. The highest BCUT2D eigenvalue weighted by Gasteiger charge is 2.17.